The Morgan fingerprint density at radius 1 is 1.53 bits per heavy atom. The molecular formula is C12H13NO5S. The molecule has 19 heavy (non-hydrogen) atoms. The van der Waals surface area contributed by atoms with Crippen molar-refractivity contribution in [2.45, 2.75) is 30.1 Å². The van der Waals surface area contributed by atoms with Crippen molar-refractivity contribution in [2.75, 3.05) is 6.54 Å². The molecule has 1 fully saturated rings. The fourth-order valence-corrected chi connectivity index (χ4v) is 2.86. The molecule has 1 aromatic heterocycles. The summed E-state index contributed by atoms with van der Waals surface area (Å²) in [6.07, 6.45) is 0.853. The van der Waals surface area contributed by atoms with Crippen LogP contribution in [-0.4, -0.2) is 39.6 Å². The summed E-state index contributed by atoms with van der Waals surface area (Å²) < 4.78 is 5.07. The number of furan rings is 1. The van der Waals surface area contributed by atoms with Crippen LogP contribution in [0.2, 0.25) is 0 Å². The first-order valence-corrected chi connectivity index (χ1v) is 6.75. The highest BCUT2D eigenvalue weighted by atomic mass is 32.2. The van der Waals surface area contributed by atoms with Gasteiger partial charge in [-0.3, -0.25) is 14.5 Å². The minimum Gasteiger partial charge on any atom is -0.475 e. The molecule has 2 heterocycles. The van der Waals surface area contributed by atoms with Crippen LogP contribution in [0, 0.1) is 0 Å². The highest BCUT2D eigenvalue weighted by Crippen LogP contribution is 2.32. The van der Waals surface area contributed by atoms with E-state index in [4.69, 9.17) is 9.52 Å². The molecule has 7 heteroatoms. The van der Waals surface area contributed by atoms with Crippen LogP contribution < -0.4 is 0 Å². The number of nitrogens with zero attached hydrogens (tertiary/aromatic N) is 1. The molecule has 1 aliphatic rings. The van der Waals surface area contributed by atoms with Crippen LogP contribution in [0.1, 0.15) is 30.3 Å². The van der Waals surface area contributed by atoms with Crippen molar-refractivity contribution in [3.05, 3.63) is 17.9 Å². The summed E-state index contributed by atoms with van der Waals surface area (Å²) in [6.45, 7) is 2.32. The highest BCUT2D eigenvalue weighted by molar-refractivity contribution is 8.00. The number of imide groups is 1. The first-order chi connectivity index (χ1) is 9.02. The minimum atomic E-state index is -1.16. The first-order valence-electron chi connectivity index (χ1n) is 5.87. The van der Waals surface area contributed by atoms with E-state index in [1.165, 1.54) is 17.0 Å². The molecule has 1 saturated heterocycles. The van der Waals surface area contributed by atoms with Crippen molar-refractivity contribution in [1.82, 2.24) is 4.90 Å². The fourth-order valence-electron chi connectivity index (χ4n) is 1.84. The third-order valence-electron chi connectivity index (χ3n) is 2.70. The van der Waals surface area contributed by atoms with Crippen molar-refractivity contribution in [3.8, 4) is 0 Å². The Morgan fingerprint density at radius 2 is 2.26 bits per heavy atom. The van der Waals surface area contributed by atoms with E-state index in [9.17, 15) is 14.4 Å². The predicted molar refractivity (Wildman–Crippen MR) is 66.9 cm³/mol. The standard InChI is InChI=1S/C12H13NO5S/c1-2-5-13-9(14)6-8(11(13)15)19-10-4-3-7(18-10)12(16)17/h3-4,8H,2,5-6H2,1H3,(H,16,17). The number of carboxylic acid groups (broad SMARTS) is 1. The van der Waals surface area contributed by atoms with Crippen molar-refractivity contribution in [3.63, 3.8) is 0 Å². The molecule has 0 aromatic carbocycles. The Balaban J connectivity index is 2.05. The molecule has 1 atom stereocenters. The number of hydrogen-bond acceptors (Lipinski definition) is 5. The predicted octanol–water partition coefficient (Wildman–Crippen LogP) is 1.61. The molecule has 1 aliphatic heterocycles. The molecular weight excluding hydrogens is 270 g/mol. The normalized spacial score (nSPS) is 19.2. The van der Waals surface area contributed by atoms with E-state index >= 15 is 0 Å². The number of carbonyl (C=O) groups excluding carboxylic acids is 2. The number of rotatable bonds is 5. The Labute approximate surface area is 113 Å². The fraction of sp³-hybridized carbons (Fsp3) is 0.417. The van der Waals surface area contributed by atoms with Crippen molar-refractivity contribution >= 4 is 29.5 Å². The van der Waals surface area contributed by atoms with Crippen LogP contribution >= 0.6 is 11.8 Å². The van der Waals surface area contributed by atoms with Gasteiger partial charge in [-0.25, -0.2) is 4.79 Å². The zero-order chi connectivity index (χ0) is 14.0. The molecule has 2 rings (SSSR count). The Bertz CT molecular complexity index is 524. The van der Waals surface area contributed by atoms with Gasteiger partial charge in [-0.05, 0) is 18.6 Å². The average Bonchev–Trinajstić information content (AvgIpc) is 2.91. The van der Waals surface area contributed by atoms with Crippen LogP contribution in [0.4, 0.5) is 0 Å². The molecule has 0 saturated carbocycles. The van der Waals surface area contributed by atoms with Gasteiger partial charge in [0, 0.05) is 13.0 Å². The summed E-state index contributed by atoms with van der Waals surface area (Å²) in [5.74, 6) is -1.75. The van der Waals surface area contributed by atoms with Crippen LogP contribution in [0.25, 0.3) is 0 Å². The van der Waals surface area contributed by atoms with E-state index < -0.39 is 11.2 Å². The molecule has 102 valence electrons. The van der Waals surface area contributed by atoms with Crippen molar-refractivity contribution in [2.24, 2.45) is 0 Å². The Kier molecular flexibility index (Phi) is 3.94. The molecule has 2 amide bonds. The van der Waals surface area contributed by atoms with Crippen LogP contribution in [0.3, 0.4) is 0 Å². The van der Waals surface area contributed by atoms with Gasteiger partial charge in [0.2, 0.25) is 17.6 Å². The summed E-state index contributed by atoms with van der Waals surface area (Å²) in [5.41, 5.74) is 0. The molecule has 1 aromatic rings. The van der Waals surface area contributed by atoms with Gasteiger partial charge >= 0.3 is 5.97 Å². The molecule has 1 N–H and O–H groups in total. The van der Waals surface area contributed by atoms with Gasteiger partial charge in [-0.2, -0.15) is 0 Å². The van der Waals surface area contributed by atoms with E-state index in [2.05, 4.69) is 0 Å². The van der Waals surface area contributed by atoms with E-state index in [1.54, 1.807) is 0 Å². The van der Waals surface area contributed by atoms with Gasteiger partial charge in [0.15, 0.2) is 5.09 Å². The van der Waals surface area contributed by atoms with Gasteiger partial charge in [0.05, 0.1) is 0 Å². The van der Waals surface area contributed by atoms with Gasteiger partial charge in [0.25, 0.3) is 0 Å². The number of thioether (sulfide) groups is 1. The maximum atomic E-state index is 12.0. The maximum absolute atomic E-state index is 12.0. The molecule has 0 bridgehead atoms. The maximum Gasteiger partial charge on any atom is 0.371 e. The first kappa shape index (κ1) is 13.7. The van der Waals surface area contributed by atoms with Crippen molar-refractivity contribution < 1.29 is 23.9 Å². The number of amides is 2. The zero-order valence-electron chi connectivity index (χ0n) is 10.3. The van der Waals surface area contributed by atoms with E-state index in [1.807, 2.05) is 6.92 Å². The number of aromatic carboxylic acids is 1. The van der Waals surface area contributed by atoms with E-state index in [-0.39, 0.29) is 24.0 Å². The Hall–Kier alpha value is -1.76. The summed E-state index contributed by atoms with van der Waals surface area (Å²) >= 11 is 1.09. The minimum absolute atomic E-state index is 0.132. The summed E-state index contributed by atoms with van der Waals surface area (Å²) in [7, 11) is 0. The zero-order valence-corrected chi connectivity index (χ0v) is 11.1. The molecule has 6 nitrogen and oxygen atoms in total. The smallest absolute Gasteiger partial charge is 0.371 e. The second kappa shape index (κ2) is 5.48. The summed E-state index contributed by atoms with van der Waals surface area (Å²) in [4.78, 5) is 35.6. The lowest BCUT2D eigenvalue weighted by atomic mass is 10.4. The SMILES string of the molecule is CCCN1C(=O)CC(Sc2ccc(C(=O)O)o2)C1=O. The molecule has 0 radical (unpaired) electrons. The number of carbonyl (C=O) groups is 3. The van der Waals surface area contributed by atoms with Gasteiger partial charge in [-0.15, -0.1) is 0 Å². The summed E-state index contributed by atoms with van der Waals surface area (Å²) in [5, 5.41) is 8.55. The van der Waals surface area contributed by atoms with Gasteiger partial charge < -0.3 is 9.52 Å². The highest BCUT2D eigenvalue weighted by Gasteiger charge is 2.39. The lowest BCUT2D eigenvalue weighted by molar-refractivity contribution is -0.138. The monoisotopic (exact) mass is 283 g/mol. The van der Waals surface area contributed by atoms with Crippen LogP contribution in [0.5, 0.6) is 0 Å². The van der Waals surface area contributed by atoms with Crippen molar-refractivity contribution in [1.29, 1.82) is 0 Å². The summed E-state index contributed by atoms with van der Waals surface area (Å²) in [6, 6.07) is 2.82. The average molecular weight is 283 g/mol. The second-order valence-electron chi connectivity index (χ2n) is 4.12. The number of carboxylic acids is 1. The van der Waals surface area contributed by atoms with Gasteiger partial charge in [0.1, 0.15) is 5.25 Å². The second-order valence-corrected chi connectivity index (χ2v) is 5.33. The Morgan fingerprint density at radius 3 is 2.84 bits per heavy atom. The quantitative estimate of drug-likeness (QED) is 0.826. The molecule has 0 aliphatic carbocycles. The van der Waals surface area contributed by atoms with E-state index in [0.29, 0.717) is 11.6 Å². The number of hydrogen-bond donors (Lipinski definition) is 1. The third kappa shape index (κ3) is 2.81. The van der Waals surface area contributed by atoms with Gasteiger partial charge in [-0.1, -0.05) is 18.7 Å². The third-order valence-corrected chi connectivity index (χ3v) is 3.80. The number of likely N-dealkylation sites (tertiary alicyclic amines) is 1. The lowest BCUT2D eigenvalue weighted by Gasteiger charge is -2.12. The van der Waals surface area contributed by atoms with Crippen LogP contribution in [0.15, 0.2) is 21.6 Å². The molecule has 1 unspecified atom stereocenters. The topological polar surface area (TPSA) is 87.8 Å². The molecule has 0 spiro atoms. The van der Waals surface area contributed by atoms with E-state index in [0.717, 1.165) is 18.2 Å². The lowest BCUT2D eigenvalue weighted by Crippen LogP contribution is -2.31. The van der Waals surface area contributed by atoms with Crippen LogP contribution in [-0.2, 0) is 9.59 Å². The largest absolute Gasteiger partial charge is 0.475 e.